The van der Waals surface area contributed by atoms with Crippen LogP contribution in [0, 0.1) is 5.90 Å². The van der Waals surface area contributed by atoms with Crippen molar-refractivity contribution in [3.05, 3.63) is 46.4 Å². The lowest BCUT2D eigenvalue weighted by Crippen LogP contribution is -2.17. The molecule has 0 atom stereocenters. The van der Waals surface area contributed by atoms with E-state index in [-0.39, 0.29) is 10.8 Å². The molecule has 1 nitrogen and oxygen atoms in total. The maximum Gasteiger partial charge on any atom is 0.156 e. The van der Waals surface area contributed by atoms with Gasteiger partial charge in [0.05, 0.1) is 7.58 Å². The van der Waals surface area contributed by atoms with Crippen LogP contribution >= 0.6 is 79.2 Å². The lowest BCUT2D eigenvalue weighted by atomic mass is 9.79. The Bertz CT molecular complexity index is 1300. The molecular weight excluding hydrogens is 616 g/mol. The summed E-state index contributed by atoms with van der Waals surface area (Å²) in [6, 6.07) is 7.40. The lowest BCUT2D eigenvalue weighted by Gasteiger charge is -2.24. The van der Waals surface area contributed by atoms with Crippen LogP contribution < -0.4 is 0 Å². The molecule has 1 aromatic carbocycles. The van der Waals surface area contributed by atoms with Gasteiger partial charge in [0.2, 0.25) is 0 Å². The van der Waals surface area contributed by atoms with Gasteiger partial charge in [-0.1, -0.05) is 27.7 Å². The van der Waals surface area contributed by atoms with Crippen LogP contribution in [0.3, 0.4) is 0 Å². The highest BCUT2D eigenvalue weighted by molar-refractivity contribution is 14.1. The van der Waals surface area contributed by atoms with E-state index in [2.05, 4.69) is 91.1 Å². The smallest absolute Gasteiger partial charge is 0.156 e. The van der Waals surface area contributed by atoms with Crippen LogP contribution in [0.5, 0.6) is 0 Å². The van der Waals surface area contributed by atoms with E-state index in [1.807, 2.05) is 34.0 Å². The average Bonchev–Trinajstić information content (AvgIpc) is 3.30. The zero-order chi connectivity index (χ0) is 18.9. The Morgan fingerprint density at radius 2 is 1.44 bits per heavy atom. The van der Waals surface area contributed by atoms with E-state index in [1.165, 1.54) is 55.5 Å². The van der Waals surface area contributed by atoms with Crippen molar-refractivity contribution in [3.63, 3.8) is 0 Å². The first-order valence-electron chi connectivity index (χ1n) is 8.78. The third-order valence-corrected chi connectivity index (χ3v) is 11.2. The first-order valence-corrected chi connectivity index (χ1v) is 13.4. The topological polar surface area (TPSA) is 12.9 Å². The van der Waals surface area contributed by atoms with Gasteiger partial charge in [0.25, 0.3) is 0 Å². The monoisotopic (exact) mass is 631 g/mol. The van der Waals surface area contributed by atoms with Crippen LogP contribution in [0.2, 0.25) is 0 Å². The van der Waals surface area contributed by atoms with E-state index in [1.54, 1.807) is 0 Å². The molecule has 2 aliphatic carbocycles. The molecule has 6 rings (SSSR count). The number of aromatic nitrogens is 1. The summed E-state index contributed by atoms with van der Waals surface area (Å²) in [6.45, 7) is 9.54. The van der Waals surface area contributed by atoms with E-state index in [0.717, 1.165) is 3.01 Å². The number of rotatable bonds is 0. The molecule has 0 saturated carbocycles. The zero-order valence-electron chi connectivity index (χ0n) is 15.2. The van der Waals surface area contributed by atoms with Crippen molar-refractivity contribution in [2.75, 3.05) is 0 Å². The quantitative estimate of drug-likeness (QED) is 0.178. The number of hydrogen-bond acceptors (Lipinski definition) is 4. The van der Waals surface area contributed by atoms with Gasteiger partial charge in [0.15, 0.2) is 3.01 Å². The van der Waals surface area contributed by atoms with Crippen LogP contribution in [0.1, 0.15) is 49.9 Å². The molecule has 0 fully saturated rings. The molecule has 0 radical (unpaired) electrons. The Labute approximate surface area is 197 Å². The number of thiazole rings is 1. The summed E-state index contributed by atoms with van der Waals surface area (Å²) in [5, 5.41) is 0. The van der Waals surface area contributed by atoms with Gasteiger partial charge in [-0.3, -0.25) is 0 Å². The van der Waals surface area contributed by atoms with Crippen molar-refractivity contribution in [2.45, 2.75) is 38.5 Å². The van der Waals surface area contributed by atoms with Gasteiger partial charge in [-0.25, -0.2) is 4.98 Å². The summed E-state index contributed by atoms with van der Waals surface area (Å²) in [4.78, 5) is 8.91. The van der Waals surface area contributed by atoms with E-state index in [0.29, 0.717) is 0 Å². The van der Waals surface area contributed by atoms with Gasteiger partial charge in [-0.05, 0) is 91.2 Å². The summed E-state index contributed by atoms with van der Waals surface area (Å²) in [5.41, 5.74) is 8.98. The van der Waals surface area contributed by atoms with E-state index in [4.69, 9.17) is 4.98 Å². The number of hydrogen-bond donors (Lipinski definition) is 0. The molecule has 136 valence electrons. The summed E-state index contributed by atoms with van der Waals surface area (Å²) in [5.74, 6) is 0. The Balaban J connectivity index is 1.69. The molecule has 0 unspecified atom stereocenters. The molecule has 3 heterocycles. The van der Waals surface area contributed by atoms with Gasteiger partial charge >= 0.3 is 0 Å². The van der Waals surface area contributed by atoms with Crippen LogP contribution in [-0.4, -0.2) is 4.98 Å². The molecular formula is C21H15I2NS3. The Hall–Kier alpha value is -0.0300. The molecule has 2 aliphatic rings. The van der Waals surface area contributed by atoms with Crippen molar-refractivity contribution < 1.29 is 0 Å². The summed E-state index contributed by atoms with van der Waals surface area (Å²) < 4.78 is 3.92. The molecule has 0 N–H and O–H groups in total. The number of fused-ring (bicyclic) bond motifs is 8. The second kappa shape index (κ2) is 5.36. The number of benzene rings is 1. The molecule has 4 aromatic rings. The summed E-state index contributed by atoms with van der Waals surface area (Å²) >= 11 is 10.5. The fraction of sp³-hybridized carbons (Fsp3) is 0.286. The maximum absolute atomic E-state index is 4.77. The minimum Gasteiger partial charge on any atom is -0.219 e. The second-order valence-corrected chi connectivity index (χ2v) is 15.1. The fourth-order valence-electron chi connectivity index (χ4n) is 4.83. The van der Waals surface area contributed by atoms with Crippen LogP contribution in [0.15, 0.2) is 18.2 Å². The van der Waals surface area contributed by atoms with Crippen molar-refractivity contribution in [2.24, 2.45) is 0 Å². The van der Waals surface area contributed by atoms with Crippen LogP contribution in [0.4, 0.5) is 0 Å². The number of nitrogens with zero attached hydrogens (tertiary/aromatic N) is 1. The first kappa shape index (κ1) is 17.8. The standard InChI is InChI=1S/C21H15I2NS3/c1-20(2)10-6-9-11(5-8(10)15-12(20)7-13(22)25-15)21(3,4)14-16(9)26-18-17(14)27-19(23)24-18/h5-7H,1-4H3. The van der Waals surface area contributed by atoms with Crippen molar-refractivity contribution in [1.29, 1.82) is 0 Å². The predicted molar refractivity (Wildman–Crippen MR) is 136 cm³/mol. The summed E-state index contributed by atoms with van der Waals surface area (Å²) in [6.07, 6.45) is 0. The minimum atomic E-state index is 0.0326. The van der Waals surface area contributed by atoms with Crippen LogP contribution in [0.25, 0.3) is 30.4 Å². The zero-order valence-corrected chi connectivity index (χ0v) is 21.9. The van der Waals surface area contributed by atoms with Crippen molar-refractivity contribution in [3.8, 4) is 20.9 Å². The highest BCUT2D eigenvalue weighted by atomic mass is 127. The van der Waals surface area contributed by atoms with E-state index < -0.39 is 0 Å². The highest BCUT2D eigenvalue weighted by Crippen LogP contribution is 2.60. The SMILES string of the molecule is CC1(C)c2cc3c(cc2-c2sc(I)cc21)C(C)(C)c1c-3sc2nc(I)sc12. The van der Waals surface area contributed by atoms with E-state index >= 15 is 0 Å². The van der Waals surface area contributed by atoms with E-state index in [9.17, 15) is 0 Å². The molecule has 0 aliphatic heterocycles. The third kappa shape index (κ3) is 2.12. The molecule has 0 saturated heterocycles. The number of thiophene rings is 2. The molecule has 0 spiro atoms. The van der Waals surface area contributed by atoms with Gasteiger partial charge in [-0.15, -0.1) is 34.0 Å². The largest absolute Gasteiger partial charge is 0.219 e. The minimum absolute atomic E-state index is 0.0326. The Morgan fingerprint density at radius 1 is 0.778 bits per heavy atom. The van der Waals surface area contributed by atoms with Gasteiger partial charge in [0, 0.05) is 26.1 Å². The van der Waals surface area contributed by atoms with Crippen LogP contribution in [-0.2, 0) is 10.8 Å². The third-order valence-electron chi connectivity index (χ3n) is 6.22. The van der Waals surface area contributed by atoms with Gasteiger partial charge < -0.3 is 0 Å². The maximum atomic E-state index is 4.77. The molecule has 27 heavy (non-hydrogen) atoms. The van der Waals surface area contributed by atoms with Crippen molar-refractivity contribution >= 4 is 88.7 Å². The molecule has 6 heteroatoms. The fourth-order valence-corrected chi connectivity index (χ4v) is 10.5. The average molecular weight is 631 g/mol. The Morgan fingerprint density at radius 3 is 2.19 bits per heavy atom. The molecule has 0 bridgehead atoms. The molecule has 0 amide bonds. The summed E-state index contributed by atoms with van der Waals surface area (Å²) in [7, 11) is 0. The van der Waals surface area contributed by atoms with Crippen molar-refractivity contribution in [1.82, 2.24) is 4.98 Å². The molecule has 3 aromatic heterocycles. The predicted octanol–water partition coefficient (Wildman–Crippen LogP) is 8.24. The first-order chi connectivity index (χ1) is 12.7. The van der Waals surface area contributed by atoms with Gasteiger partial charge in [0.1, 0.15) is 4.83 Å². The van der Waals surface area contributed by atoms with Gasteiger partial charge in [-0.2, -0.15) is 0 Å². The number of halogens is 2. The highest BCUT2D eigenvalue weighted by Gasteiger charge is 2.44. The second-order valence-electron chi connectivity index (χ2n) is 8.39. The Kier molecular flexibility index (Phi) is 3.53. The lowest BCUT2D eigenvalue weighted by molar-refractivity contribution is 0.655. The normalized spacial score (nSPS) is 17.9.